The van der Waals surface area contributed by atoms with Gasteiger partial charge in [0, 0.05) is 5.69 Å². The summed E-state index contributed by atoms with van der Waals surface area (Å²) in [7, 11) is 0. The van der Waals surface area contributed by atoms with Gasteiger partial charge < -0.3 is 4.98 Å². The maximum absolute atomic E-state index is 11.0. The Hall–Kier alpha value is -1.45. The van der Waals surface area contributed by atoms with Crippen LogP contribution in [0.5, 0.6) is 0 Å². The van der Waals surface area contributed by atoms with E-state index in [2.05, 4.69) is 9.97 Å². The highest BCUT2D eigenvalue weighted by molar-refractivity contribution is 5.71. The van der Waals surface area contributed by atoms with Crippen molar-refractivity contribution >= 4 is 6.29 Å². The highest BCUT2D eigenvalue weighted by Crippen LogP contribution is 2.34. The Bertz CT molecular complexity index is 379. The summed E-state index contributed by atoms with van der Waals surface area (Å²) < 4.78 is 0. The third kappa shape index (κ3) is 1.52. The molecule has 1 heterocycles. The van der Waals surface area contributed by atoms with Crippen LogP contribution in [0.1, 0.15) is 41.4 Å². The molecule has 0 unspecified atom stereocenters. The molecule has 2 rings (SSSR count). The molecular weight excluding hydrogens is 168 g/mol. The first-order chi connectivity index (χ1) is 6.29. The van der Waals surface area contributed by atoms with Gasteiger partial charge in [0.2, 0.25) is 0 Å². The fourth-order valence-electron chi connectivity index (χ4n) is 1.50. The topological polar surface area (TPSA) is 62.8 Å². The fourth-order valence-corrected chi connectivity index (χ4v) is 1.50. The Morgan fingerprint density at radius 2 is 2.31 bits per heavy atom. The molecule has 1 N–H and O–H groups in total. The van der Waals surface area contributed by atoms with Crippen molar-refractivity contribution in [2.45, 2.75) is 25.2 Å². The second-order valence-electron chi connectivity index (χ2n) is 3.31. The van der Waals surface area contributed by atoms with Gasteiger partial charge >= 0.3 is 5.69 Å². The first-order valence-electron chi connectivity index (χ1n) is 4.36. The number of H-pyrrole nitrogens is 1. The normalized spacial score (nSPS) is 16.6. The zero-order chi connectivity index (χ0) is 9.26. The zero-order valence-electron chi connectivity index (χ0n) is 7.12. The third-order valence-corrected chi connectivity index (χ3v) is 2.45. The van der Waals surface area contributed by atoms with Gasteiger partial charge in [0.25, 0.3) is 0 Å². The van der Waals surface area contributed by atoms with E-state index in [0.29, 0.717) is 12.2 Å². The van der Waals surface area contributed by atoms with E-state index in [0.717, 1.165) is 18.5 Å². The summed E-state index contributed by atoms with van der Waals surface area (Å²) in [4.78, 5) is 27.6. The minimum absolute atomic E-state index is 0.227. The average molecular weight is 178 g/mol. The summed E-state index contributed by atoms with van der Waals surface area (Å²) in [5.74, 6) is 0.425. The number of nitrogens with one attached hydrogen (secondary N) is 1. The summed E-state index contributed by atoms with van der Waals surface area (Å²) in [5.41, 5.74) is 0.658. The van der Waals surface area contributed by atoms with Crippen LogP contribution in [-0.2, 0) is 0 Å². The van der Waals surface area contributed by atoms with Gasteiger partial charge in [0.15, 0.2) is 6.29 Å². The number of aromatic nitrogens is 2. The molecule has 0 bridgehead atoms. The molecule has 68 valence electrons. The van der Waals surface area contributed by atoms with Crippen molar-refractivity contribution in [1.82, 2.24) is 9.97 Å². The Labute approximate surface area is 75.0 Å². The zero-order valence-corrected chi connectivity index (χ0v) is 7.12. The van der Waals surface area contributed by atoms with E-state index in [4.69, 9.17) is 0 Å². The summed E-state index contributed by atoms with van der Waals surface area (Å²) in [6, 6.07) is 1.66. The molecule has 4 nitrogen and oxygen atoms in total. The molecule has 0 atom stereocenters. The molecule has 4 heteroatoms. The summed E-state index contributed by atoms with van der Waals surface area (Å²) >= 11 is 0. The molecule has 1 aliphatic carbocycles. The molecule has 0 amide bonds. The lowest BCUT2D eigenvalue weighted by Crippen LogP contribution is -2.19. The number of carbonyl (C=O) groups excluding carboxylic acids is 1. The number of nitrogens with zero attached hydrogens (tertiary/aromatic N) is 1. The summed E-state index contributed by atoms with van der Waals surface area (Å²) in [6.45, 7) is 0. The predicted molar refractivity (Wildman–Crippen MR) is 46.8 cm³/mol. The second-order valence-corrected chi connectivity index (χ2v) is 3.31. The number of carbonyl (C=O) groups is 1. The number of hydrogen-bond donors (Lipinski definition) is 1. The van der Waals surface area contributed by atoms with E-state index in [1.54, 1.807) is 6.07 Å². The molecule has 1 aliphatic rings. The van der Waals surface area contributed by atoms with Gasteiger partial charge in [-0.15, -0.1) is 0 Å². The molecule has 0 radical (unpaired) electrons. The molecule has 0 spiro atoms. The first kappa shape index (κ1) is 8.16. The SMILES string of the molecule is O=Cc1cc(C2CCC2)[nH]c(=O)n1. The summed E-state index contributed by atoms with van der Waals surface area (Å²) in [5, 5.41) is 0. The molecule has 1 aromatic heterocycles. The van der Waals surface area contributed by atoms with Gasteiger partial charge in [-0.05, 0) is 24.8 Å². The number of aromatic amines is 1. The van der Waals surface area contributed by atoms with Crippen molar-refractivity contribution in [1.29, 1.82) is 0 Å². The van der Waals surface area contributed by atoms with Crippen LogP contribution in [0.3, 0.4) is 0 Å². The maximum Gasteiger partial charge on any atom is 0.345 e. The molecule has 0 saturated heterocycles. The van der Waals surface area contributed by atoms with Crippen molar-refractivity contribution in [2.24, 2.45) is 0 Å². The van der Waals surface area contributed by atoms with Crippen LogP contribution in [0.4, 0.5) is 0 Å². The van der Waals surface area contributed by atoms with Crippen LogP contribution in [-0.4, -0.2) is 16.3 Å². The van der Waals surface area contributed by atoms with Crippen molar-refractivity contribution in [2.75, 3.05) is 0 Å². The van der Waals surface area contributed by atoms with Crippen LogP contribution >= 0.6 is 0 Å². The van der Waals surface area contributed by atoms with Crippen LogP contribution in [0.2, 0.25) is 0 Å². The highest BCUT2D eigenvalue weighted by atomic mass is 16.1. The maximum atomic E-state index is 11.0. The molecule has 1 saturated carbocycles. The van der Waals surface area contributed by atoms with Crippen LogP contribution < -0.4 is 5.69 Å². The van der Waals surface area contributed by atoms with E-state index in [-0.39, 0.29) is 5.69 Å². The standard InChI is InChI=1S/C9H10N2O2/c12-5-7-4-8(6-2-1-3-6)11-9(13)10-7/h4-6H,1-3H2,(H,10,11,13). The van der Waals surface area contributed by atoms with E-state index >= 15 is 0 Å². The molecule has 0 aromatic carbocycles. The van der Waals surface area contributed by atoms with Gasteiger partial charge in [-0.2, -0.15) is 4.98 Å². The summed E-state index contributed by atoms with van der Waals surface area (Å²) in [6.07, 6.45) is 4.00. The fraction of sp³-hybridized carbons (Fsp3) is 0.444. The van der Waals surface area contributed by atoms with Gasteiger partial charge in [0.05, 0.1) is 0 Å². The Morgan fingerprint density at radius 1 is 1.54 bits per heavy atom. The van der Waals surface area contributed by atoms with Crippen molar-refractivity contribution in [3.8, 4) is 0 Å². The number of rotatable bonds is 2. The van der Waals surface area contributed by atoms with E-state index in [1.807, 2.05) is 0 Å². The first-order valence-corrected chi connectivity index (χ1v) is 4.36. The second kappa shape index (κ2) is 3.12. The Kier molecular flexibility index (Phi) is 1.96. The van der Waals surface area contributed by atoms with Crippen molar-refractivity contribution < 1.29 is 4.79 Å². The van der Waals surface area contributed by atoms with Crippen molar-refractivity contribution in [3.63, 3.8) is 0 Å². The van der Waals surface area contributed by atoms with E-state index < -0.39 is 5.69 Å². The largest absolute Gasteiger partial charge is 0.345 e. The minimum atomic E-state index is -0.425. The Balaban J connectivity index is 2.39. The minimum Gasteiger partial charge on any atom is -0.309 e. The van der Waals surface area contributed by atoms with E-state index in [9.17, 15) is 9.59 Å². The van der Waals surface area contributed by atoms with Crippen LogP contribution in [0.25, 0.3) is 0 Å². The van der Waals surface area contributed by atoms with Crippen molar-refractivity contribution in [3.05, 3.63) is 27.9 Å². The molecule has 13 heavy (non-hydrogen) atoms. The molecular formula is C9H10N2O2. The smallest absolute Gasteiger partial charge is 0.309 e. The third-order valence-electron chi connectivity index (χ3n) is 2.45. The predicted octanol–water partition coefficient (Wildman–Crippen LogP) is 0.850. The Morgan fingerprint density at radius 3 is 2.85 bits per heavy atom. The number of aldehydes is 1. The number of hydrogen-bond acceptors (Lipinski definition) is 3. The quantitative estimate of drug-likeness (QED) is 0.683. The van der Waals surface area contributed by atoms with Gasteiger partial charge in [0.1, 0.15) is 5.69 Å². The molecule has 1 aromatic rings. The average Bonchev–Trinajstić information content (AvgIpc) is 2.00. The monoisotopic (exact) mass is 178 g/mol. The highest BCUT2D eigenvalue weighted by Gasteiger charge is 2.20. The van der Waals surface area contributed by atoms with Crippen LogP contribution in [0, 0.1) is 0 Å². The van der Waals surface area contributed by atoms with Gasteiger partial charge in [-0.1, -0.05) is 6.42 Å². The molecule has 0 aliphatic heterocycles. The van der Waals surface area contributed by atoms with Crippen LogP contribution in [0.15, 0.2) is 10.9 Å². The lowest BCUT2D eigenvalue weighted by atomic mass is 9.83. The van der Waals surface area contributed by atoms with Gasteiger partial charge in [-0.25, -0.2) is 4.79 Å². The van der Waals surface area contributed by atoms with E-state index in [1.165, 1.54) is 6.42 Å². The van der Waals surface area contributed by atoms with Gasteiger partial charge in [-0.3, -0.25) is 4.79 Å². The lowest BCUT2D eigenvalue weighted by Gasteiger charge is -2.24. The molecule has 1 fully saturated rings. The lowest BCUT2D eigenvalue weighted by molar-refractivity contribution is 0.111.